The second kappa shape index (κ2) is 5.58. The molecule has 0 amide bonds. The van der Waals surface area contributed by atoms with Crippen molar-refractivity contribution in [3.8, 4) is 17.6 Å². The molecule has 4 heteroatoms. The average molecular weight is 201 g/mol. The highest BCUT2D eigenvalue weighted by molar-refractivity contribution is 5.48. The monoisotopic (exact) mass is 201 g/mol. The van der Waals surface area contributed by atoms with Gasteiger partial charge in [-0.25, -0.2) is 0 Å². The SMILES string of the molecule is COc1ccc(C)cc1C#CCN=[N+]=[N-]. The first kappa shape index (κ1) is 11.0. The molecular formula is C11H11N3O. The van der Waals surface area contributed by atoms with E-state index in [1.165, 1.54) is 0 Å². The maximum Gasteiger partial charge on any atom is 0.134 e. The van der Waals surface area contributed by atoms with Crippen LogP contribution in [0.15, 0.2) is 23.3 Å². The van der Waals surface area contributed by atoms with Gasteiger partial charge in [0.05, 0.1) is 19.2 Å². The highest BCUT2D eigenvalue weighted by Gasteiger charge is 1.98. The maximum absolute atomic E-state index is 8.07. The Kier molecular flexibility index (Phi) is 4.08. The van der Waals surface area contributed by atoms with Crippen LogP contribution >= 0.6 is 0 Å². The van der Waals surface area contributed by atoms with Crippen molar-refractivity contribution in [3.05, 3.63) is 39.8 Å². The zero-order valence-corrected chi connectivity index (χ0v) is 8.69. The van der Waals surface area contributed by atoms with Crippen molar-refractivity contribution in [2.24, 2.45) is 5.11 Å². The fourth-order valence-electron chi connectivity index (χ4n) is 1.12. The summed E-state index contributed by atoms with van der Waals surface area (Å²) in [5.41, 5.74) is 10.00. The molecule has 1 aromatic carbocycles. The van der Waals surface area contributed by atoms with E-state index in [0.29, 0.717) is 0 Å². The molecule has 0 aliphatic heterocycles. The Morgan fingerprint density at radius 2 is 2.33 bits per heavy atom. The molecule has 0 saturated heterocycles. The molecule has 0 spiro atoms. The van der Waals surface area contributed by atoms with Gasteiger partial charge < -0.3 is 4.74 Å². The second-order valence-electron chi connectivity index (χ2n) is 2.89. The molecule has 0 heterocycles. The molecule has 0 saturated carbocycles. The van der Waals surface area contributed by atoms with Crippen molar-refractivity contribution in [1.29, 1.82) is 0 Å². The molecule has 0 aromatic heterocycles. The number of hydrogen-bond acceptors (Lipinski definition) is 2. The van der Waals surface area contributed by atoms with Gasteiger partial charge in [0.2, 0.25) is 0 Å². The molecule has 0 fully saturated rings. The largest absolute Gasteiger partial charge is 0.495 e. The quantitative estimate of drug-likeness (QED) is 0.314. The van der Waals surface area contributed by atoms with Crippen LogP contribution in [0.4, 0.5) is 0 Å². The zero-order chi connectivity index (χ0) is 11.1. The van der Waals surface area contributed by atoms with E-state index in [1.807, 2.05) is 25.1 Å². The van der Waals surface area contributed by atoms with Gasteiger partial charge in [0.1, 0.15) is 5.75 Å². The first-order chi connectivity index (χ1) is 7.27. The Bertz CT molecular complexity index is 451. The van der Waals surface area contributed by atoms with Crippen LogP contribution in [0.25, 0.3) is 10.4 Å². The van der Waals surface area contributed by atoms with Gasteiger partial charge in [0.15, 0.2) is 0 Å². The van der Waals surface area contributed by atoms with Crippen LogP contribution in [0.5, 0.6) is 5.75 Å². The lowest BCUT2D eigenvalue weighted by atomic mass is 10.1. The van der Waals surface area contributed by atoms with E-state index in [4.69, 9.17) is 10.3 Å². The standard InChI is InChI=1S/C11H11N3O/c1-9-5-6-11(15-2)10(8-9)4-3-7-13-14-12/h5-6,8H,7H2,1-2H3. The Labute approximate surface area is 88.5 Å². The summed E-state index contributed by atoms with van der Waals surface area (Å²) in [7, 11) is 1.60. The topological polar surface area (TPSA) is 58.0 Å². The molecule has 0 aliphatic rings. The van der Waals surface area contributed by atoms with Gasteiger partial charge in [-0.05, 0) is 30.2 Å². The van der Waals surface area contributed by atoms with Crippen molar-refractivity contribution in [2.75, 3.05) is 13.7 Å². The Morgan fingerprint density at radius 3 is 3.00 bits per heavy atom. The van der Waals surface area contributed by atoms with Crippen LogP contribution in [0.3, 0.4) is 0 Å². The highest BCUT2D eigenvalue weighted by Crippen LogP contribution is 2.17. The number of azide groups is 1. The van der Waals surface area contributed by atoms with E-state index in [9.17, 15) is 0 Å². The number of nitrogens with zero attached hydrogens (tertiary/aromatic N) is 3. The van der Waals surface area contributed by atoms with Crippen LogP contribution in [-0.4, -0.2) is 13.7 Å². The molecule has 0 radical (unpaired) electrons. The van der Waals surface area contributed by atoms with Gasteiger partial charge in [-0.3, -0.25) is 0 Å². The van der Waals surface area contributed by atoms with Gasteiger partial charge in [0.25, 0.3) is 0 Å². The van der Waals surface area contributed by atoms with Crippen LogP contribution in [-0.2, 0) is 0 Å². The minimum absolute atomic E-state index is 0.174. The first-order valence-corrected chi connectivity index (χ1v) is 4.42. The Balaban J connectivity index is 2.94. The lowest BCUT2D eigenvalue weighted by Gasteiger charge is -2.03. The van der Waals surface area contributed by atoms with Gasteiger partial charge in [0, 0.05) is 4.91 Å². The molecule has 15 heavy (non-hydrogen) atoms. The number of aryl methyl sites for hydroxylation is 1. The van der Waals surface area contributed by atoms with Gasteiger partial charge in [-0.1, -0.05) is 23.0 Å². The van der Waals surface area contributed by atoms with Crippen molar-refractivity contribution < 1.29 is 4.74 Å². The molecule has 0 unspecified atom stereocenters. The minimum Gasteiger partial charge on any atom is -0.495 e. The smallest absolute Gasteiger partial charge is 0.134 e. The first-order valence-electron chi connectivity index (χ1n) is 4.42. The van der Waals surface area contributed by atoms with Crippen LogP contribution in [0, 0.1) is 18.8 Å². The molecule has 1 rings (SSSR count). The summed E-state index contributed by atoms with van der Waals surface area (Å²) in [5, 5.41) is 3.33. The predicted molar refractivity (Wildman–Crippen MR) is 58.6 cm³/mol. The summed E-state index contributed by atoms with van der Waals surface area (Å²) in [5.74, 6) is 6.38. The zero-order valence-electron chi connectivity index (χ0n) is 8.69. The van der Waals surface area contributed by atoms with Crippen molar-refractivity contribution in [2.45, 2.75) is 6.92 Å². The predicted octanol–water partition coefficient (Wildman–Crippen LogP) is 2.67. The fraction of sp³-hybridized carbons (Fsp3) is 0.273. The third kappa shape index (κ3) is 3.26. The summed E-state index contributed by atoms with van der Waals surface area (Å²) in [6.07, 6.45) is 0. The molecule has 0 N–H and O–H groups in total. The lowest BCUT2D eigenvalue weighted by Crippen LogP contribution is -1.88. The normalized spacial score (nSPS) is 8.40. The summed E-state index contributed by atoms with van der Waals surface area (Å²) < 4.78 is 5.15. The van der Waals surface area contributed by atoms with Crippen LogP contribution in [0.1, 0.15) is 11.1 Å². The molecule has 0 aliphatic carbocycles. The number of ether oxygens (including phenoxy) is 1. The average Bonchev–Trinajstić information content (AvgIpc) is 2.25. The number of methoxy groups -OCH3 is 1. The minimum atomic E-state index is 0.174. The van der Waals surface area contributed by atoms with Gasteiger partial charge in [-0.15, -0.1) is 0 Å². The molecule has 0 atom stereocenters. The molecule has 1 aromatic rings. The Morgan fingerprint density at radius 1 is 1.53 bits per heavy atom. The molecule has 76 valence electrons. The Hall–Kier alpha value is -2.11. The van der Waals surface area contributed by atoms with Gasteiger partial charge >= 0.3 is 0 Å². The molecule has 0 bridgehead atoms. The highest BCUT2D eigenvalue weighted by atomic mass is 16.5. The van der Waals surface area contributed by atoms with E-state index in [-0.39, 0.29) is 6.54 Å². The van der Waals surface area contributed by atoms with Crippen molar-refractivity contribution in [1.82, 2.24) is 0 Å². The van der Waals surface area contributed by atoms with Gasteiger partial charge in [-0.2, -0.15) is 0 Å². The summed E-state index contributed by atoms with van der Waals surface area (Å²) in [6.45, 7) is 2.16. The van der Waals surface area contributed by atoms with Crippen molar-refractivity contribution >= 4 is 0 Å². The van der Waals surface area contributed by atoms with E-state index in [2.05, 4.69) is 21.9 Å². The van der Waals surface area contributed by atoms with E-state index in [1.54, 1.807) is 7.11 Å². The third-order valence-corrected chi connectivity index (χ3v) is 1.79. The fourth-order valence-corrected chi connectivity index (χ4v) is 1.12. The van der Waals surface area contributed by atoms with E-state index in [0.717, 1.165) is 16.9 Å². The third-order valence-electron chi connectivity index (χ3n) is 1.79. The van der Waals surface area contributed by atoms with E-state index >= 15 is 0 Å². The number of hydrogen-bond donors (Lipinski definition) is 0. The van der Waals surface area contributed by atoms with Crippen LogP contribution in [0.2, 0.25) is 0 Å². The summed E-state index contributed by atoms with van der Waals surface area (Å²) in [6, 6.07) is 5.76. The molecule has 4 nitrogen and oxygen atoms in total. The lowest BCUT2D eigenvalue weighted by molar-refractivity contribution is 0.413. The summed E-state index contributed by atoms with van der Waals surface area (Å²) >= 11 is 0. The second-order valence-corrected chi connectivity index (χ2v) is 2.89. The molecular weight excluding hydrogens is 190 g/mol. The number of rotatable bonds is 2. The maximum atomic E-state index is 8.07. The number of benzene rings is 1. The summed E-state index contributed by atoms with van der Waals surface area (Å²) in [4.78, 5) is 2.62. The van der Waals surface area contributed by atoms with E-state index < -0.39 is 0 Å². The van der Waals surface area contributed by atoms with Crippen molar-refractivity contribution in [3.63, 3.8) is 0 Å². The van der Waals surface area contributed by atoms with Crippen LogP contribution < -0.4 is 4.74 Å².